The van der Waals surface area contributed by atoms with Gasteiger partial charge >= 0.3 is 0 Å². The zero-order valence-electron chi connectivity index (χ0n) is 10.4. The van der Waals surface area contributed by atoms with E-state index in [-0.39, 0.29) is 17.2 Å². The summed E-state index contributed by atoms with van der Waals surface area (Å²) < 4.78 is 0. The number of carbonyl (C=O) groups excluding carboxylic acids is 2. The molecule has 18 heavy (non-hydrogen) atoms. The van der Waals surface area contributed by atoms with E-state index >= 15 is 0 Å². The van der Waals surface area contributed by atoms with E-state index in [0.717, 1.165) is 42.6 Å². The lowest BCUT2D eigenvalue weighted by Gasteiger charge is -2.21. The van der Waals surface area contributed by atoms with E-state index in [1.807, 2.05) is 18.2 Å². The van der Waals surface area contributed by atoms with Crippen molar-refractivity contribution in [1.82, 2.24) is 0 Å². The van der Waals surface area contributed by atoms with Crippen molar-refractivity contribution in [1.29, 1.82) is 0 Å². The summed E-state index contributed by atoms with van der Waals surface area (Å²) in [5.41, 5.74) is 2.38. The monoisotopic (exact) mass is 244 g/mol. The molecule has 0 radical (unpaired) electrons. The van der Waals surface area contributed by atoms with E-state index in [0.29, 0.717) is 0 Å². The number of benzene rings is 1. The predicted molar refractivity (Wildman–Crippen MR) is 69.5 cm³/mol. The van der Waals surface area contributed by atoms with Crippen LogP contribution in [-0.4, -0.2) is 11.8 Å². The van der Waals surface area contributed by atoms with Crippen LogP contribution >= 0.6 is 0 Å². The second-order valence-corrected chi connectivity index (χ2v) is 5.18. The zero-order chi connectivity index (χ0) is 12.8. The Morgan fingerprint density at radius 2 is 2.06 bits per heavy atom. The van der Waals surface area contributed by atoms with Crippen LogP contribution in [0.5, 0.6) is 0 Å². The molecule has 94 valence electrons. The molecule has 2 aliphatic rings. The minimum Gasteiger partial charge on any atom is -0.326 e. The number of fused-ring (bicyclic) bond motifs is 2. The third-order valence-corrected chi connectivity index (χ3v) is 4.00. The number of hydrogen-bond acceptors (Lipinski definition) is 2. The number of rotatable bonds is 1. The summed E-state index contributed by atoms with van der Waals surface area (Å²) in [5.74, 6) is 0.0303. The van der Waals surface area contributed by atoms with Gasteiger partial charge in [-0.25, -0.2) is 0 Å². The van der Waals surface area contributed by atoms with Gasteiger partial charge in [-0.15, -0.1) is 0 Å². The second kappa shape index (κ2) is 3.83. The maximum Gasteiger partial charge on any atom is 0.235 e. The third kappa shape index (κ3) is 1.52. The van der Waals surface area contributed by atoms with E-state index < -0.39 is 0 Å². The van der Waals surface area contributed by atoms with Gasteiger partial charge in [0.25, 0.3) is 0 Å². The van der Waals surface area contributed by atoms with Crippen LogP contribution in [0.4, 0.5) is 11.4 Å². The number of amides is 2. The fourth-order valence-corrected chi connectivity index (χ4v) is 3.17. The molecule has 1 aliphatic carbocycles. The number of hydrogen-bond donors (Lipinski definition) is 2. The van der Waals surface area contributed by atoms with Gasteiger partial charge in [0, 0.05) is 18.3 Å². The lowest BCUT2D eigenvalue weighted by molar-refractivity contribution is -0.120. The van der Waals surface area contributed by atoms with Crippen LogP contribution in [0.1, 0.15) is 38.2 Å². The quantitative estimate of drug-likeness (QED) is 0.797. The summed E-state index contributed by atoms with van der Waals surface area (Å²) in [7, 11) is 0. The maximum atomic E-state index is 12.2. The highest BCUT2D eigenvalue weighted by Gasteiger charge is 2.48. The van der Waals surface area contributed by atoms with Gasteiger partial charge in [-0.3, -0.25) is 9.59 Å². The summed E-state index contributed by atoms with van der Waals surface area (Å²) in [4.78, 5) is 23.3. The van der Waals surface area contributed by atoms with Crippen molar-refractivity contribution in [2.75, 3.05) is 10.6 Å². The van der Waals surface area contributed by atoms with Crippen LogP contribution in [0.15, 0.2) is 18.2 Å². The van der Waals surface area contributed by atoms with E-state index in [9.17, 15) is 9.59 Å². The molecule has 1 aromatic carbocycles. The molecule has 1 heterocycles. The molecule has 0 saturated heterocycles. The maximum absolute atomic E-state index is 12.2. The number of nitrogens with one attached hydrogen (secondary N) is 2. The highest BCUT2D eigenvalue weighted by atomic mass is 16.2. The number of carbonyl (C=O) groups is 2. The van der Waals surface area contributed by atoms with Gasteiger partial charge in [0.2, 0.25) is 11.8 Å². The normalized spacial score (nSPS) is 19.7. The molecule has 1 spiro atoms. The van der Waals surface area contributed by atoms with Crippen molar-refractivity contribution in [3.63, 3.8) is 0 Å². The summed E-state index contributed by atoms with van der Waals surface area (Å²) in [6, 6.07) is 5.65. The van der Waals surface area contributed by atoms with Crippen molar-refractivity contribution in [3.8, 4) is 0 Å². The van der Waals surface area contributed by atoms with Crippen molar-refractivity contribution in [2.24, 2.45) is 0 Å². The van der Waals surface area contributed by atoms with Gasteiger partial charge in [0.05, 0.1) is 5.41 Å². The molecule has 1 aromatic rings. The van der Waals surface area contributed by atoms with Crippen LogP contribution in [0.25, 0.3) is 0 Å². The van der Waals surface area contributed by atoms with E-state index in [1.165, 1.54) is 6.92 Å². The Morgan fingerprint density at radius 3 is 2.72 bits per heavy atom. The highest BCUT2D eigenvalue weighted by Crippen LogP contribution is 2.49. The Balaban J connectivity index is 2.05. The van der Waals surface area contributed by atoms with E-state index in [2.05, 4.69) is 10.6 Å². The predicted octanol–water partition coefficient (Wildman–Crippen LogP) is 2.41. The lowest BCUT2D eigenvalue weighted by Crippen LogP contribution is -2.31. The molecule has 0 atom stereocenters. The number of anilines is 2. The third-order valence-electron chi connectivity index (χ3n) is 4.00. The zero-order valence-corrected chi connectivity index (χ0v) is 10.4. The van der Waals surface area contributed by atoms with Gasteiger partial charge in [-0.2, -0.15) is 0 Å². The van der Waals surface area contributed by atoms with Gasteiger partial charge in [-0.1, -0.05) is 12.8 Å². The summed E-state index contributed by atoms with van der Waals surface area (Å²) >= 11 is 0. The van der Waals surface area contributed by atoms with E-state index in [1.54, 1.807) is 0 Å². The van der Waals surface area contributed by atoms with Crippen LogP contribution in [-0.2, 0) is 15.0 Å². The van der Waals surface area contributed by atoms with E-state index in [4.69, 9.17) is 0 Å². The standard InChI is InChI=1S/C14H16N2O2/c1-9(17)15-10-4-5-12-11(8-10)14(13(18)16-12)6-2-3-7-14/h4-5,8H,2-3,6-7H2,1H3,(H,15,17)(H,16,18). The van der Waals surface area contributed by atoms with Crippen LogP contribution in [0.3, 0.4) is 0 Å². The SMILES string of the molecule is CC(=O)Nc1ccc2c(c1)C1(CCCC1)C(=O)N2. The molecule has 4 heteroatoms. The van der Waals surface area contributed by atoms with Crippen molar-refractivity contribution in [3.05, 3.63) is 23.8 Å². The second-order valence-electron chi connectivity index (χ2n) is 5.18. The lowest BCUT2D eigenvalue weighted by atomic mass is 9.80. The minimum absolute atomic E-state index is 0.0901. The summed E-state index contributed by atoms with van der Waals surface area (Å²) in [6.45, 7) is 1.49. The highest BCUT2D eigenvalue weighted by molar-refractivity contribution is 6.07. The van der Waals surface area contributed by atoms with Crippen LogP contribution in [0.2, 0.25) is 0 Å². The average molecular weight is 244 g/mol. The van der Waals surface area contributed by atoms with Gasteiger partial charge in [0.1, 0.15) is 0 Å². The minimum atomic E-state index is -0.343. The molecule has 2 N–H and O–H groups in total. The summed E-state index contributed by atoms with van der Waals surface area (Å²) in [6.07, 6.45) is 4.01. The van der Waals surface area contributed by atoms with Crippen LogP contribution in [0, 0.1) is 0 Å². The first-order valence-corrected chi connectivity index (χ1v) is 6.35. The molecule has 3 rings (SSSR count). The van der Waals surface area contributed by atoms with Gasteiger partial charge in [-0.05, 0) is 36.6 Å². The Bertz CT molecular complexity index is 531. The van der Waals surface area contributed by atoms with Crippen molar-refractivity contribution < 1.29 is 9.59 Å². The Morgan fingerprint density at radius 1 is 1.33 bits per heavy atom. The first-order valence-electron chi connectivity index (χ1n) is 6.35. The molecular weight excluding hydrogens is 228 g/mol. The molecule has 4 nitrogen and oxygen atoms in total. The van der Waals surface area contributed by atoms with Gasteiger partial charge in [0.15, 0.2) is 0 Å². The van der Waals surface area contributed by atoms with Crippen molar-refractivity contribution >= 4 is 23.2 Å². The van der Waals surface area contributed by atoms with Crippen LogP contribution < -0.4 is 10.6 Å². The molecule has 2 amide bonds. The molecule has 1 fully saturated rings. The Labute approximate surface area is 106 Å². The molecule has 1 saturated carbocycles. The van der Waals surface area contributed by atoms with Crippen molar-refractivity contribution in [2.45, 2.75) is 38.0 Å². The smallest absolute Gasteiger partial charge is 0.235 e. The topological polar surface area (TPSA) is 58.2 Å². The first kappa shape index (κ1) is 11.3. The fraction of sp³-hybridized carbons (Fsp3) is 0.429. The first-order chi connectivity index (χ1) is 8.62. The fourth-order valence-electron chi connectivity index (χ4n) is 3.17. The summed E-state index contributed by atoms with van der Waals surface area (Å²) in [5, 5.41) is 5.74. The molecular formula is C14H16N2O2. The molecule has 0 bridgehead atoms. The Kier molecular flexibility index (Phi) is 2.40. The average Bonchev–Trinajstić information content (AvgIpc) is 2.89. The largest absolute Gasteiger partial charge is 0.326 e. The Hall–Kier alpha value is -1.84. The molecule has 1 aliphatic heterocycles. The molecule has 0 unspecified atom stereocenters. The molecule has 0 aromatic heterocycles. The van der Waals surface area contributed by atoms with Gasteiger partial charge < -0.3 is 10.6 Å².